The van der Waals surface area contributed by atoms with E-state index in [1.165, 1.54) is 24.3 Å². The van der Waals surface area contributed by atoms with Gasteiger partial charge in [0.15, 0.2) is 5.78 Å². The van der Waals surface area contributed by atoms with Gasteiger partial charge in [0.05, 0.1) is 5.92 Å². The maximum atomic E-state index is 12.7. The van der Waals surface area contributed by atoms with Gasteiger partial charge in [-0.1, -0.05) is 0 Å². The van der Waals surface area contributed by atoms with Gasteiger partial charge in [0.1, 0.15) is 11.6 Å². The SMILES string of the molecule is CC(C(=O)c1ccc(F)cc1)C(=O)C1CC1. The molecule has 2 rings (SSSR count). The molecule has 0 aromatic heterocycles. The van der Waals surface area contributed by atoms with Crippen molar-refractivity contribution in [1.82, 2.24) is 0 Å². The number of carbonyl (C=O) groups excluding carboxylic acids is 2. The van der Waals surface area contributed by atoms with Gasteiger partial charge < -0.3 is 0 Å². The molecule has 1 aliphatic rings. The molecule has 0 saturated heterocycles. The fourth-order valence-corrected chi connectivity index (χ4v) is 1.71. The standard InChI is InChI=1S/C13H13FO2/c1-8(12(15)9-2-3-9)13(16)10-4-6-11(14)7-5-10/h4-9H,2-3H2,1H3. The number of halogens is 1. The van der Waals surface area contributed by atoms with E-state index in [1.807, 2.05) is 0 Å². The summed E-state index contributed by atoms with van der Waals surface area (Å²) in [6.45, 7) is 1.63. The van der Waals surface area contributed by atoms with Gasteiger partial charge in [-0.3, -0.25) is 9.59 Å². The summed E-state index contributed by atoms with van der Waals surface area (Å²) in [5.41, 5.74) is 0.405. The van der Waals surface area contributed by atoms with Gasteiger partial charge in [0, 0.05) is 11.5 Å². The molecule has 0 heterocycles. The van der Waals surface area contributed by atoms with Crippen LogP contribution < -0.4 is 0 Å². The van der Waals surface area contributed by atoms with Crippen LogP contribution in [0.5, 0.6) is 0 Å². The molecule has 1 aromatic carbocycles. The van der Waals surface area contributed by atoms with Gasteiger partial charge in [-0.25, -0.2) is 4.39 Å². The zero-order valence-corrected chi connectivity index (χ0v) is 9.07. The highest BCUT2D eigenvalue weighted by atomic mass is 19.1. The lowest BCUT2D eigenvalue weighted by atomic mass is 9.93. The number of benzene rings is 1. The van der Waals surface area contributed by atoms with Crippen LogP contribution in [0.15, 0.2) is 24.3 Å². The van der Waals surface area contributed by atoms with Crippen molar-refractivity contribution in [2.45, 2.75) is 19.8 Å². The average molecular weight is 220 g/mol. The third-order valence-corrected chi connectivity index (χ3v) is 2.93. The number of Topliss-reactive ketones (excluding diaryl/α,β-unsaturated/α-hetero) is 2. The molecule has 84 valence electrons. The van der Waals surface area contributed by atoms with Crippen LogP contribution in [0.2, 0.25) is 0 Å². The molecule has 0 aliphatic heterocycles. The first kappa shape index (κ1) is 11.0. The lowest BCUT2D eigenvalue weighted by Gasteiger charge is -2.08. The van der Waals surface area contributed by atoms with Gasteiger partial charge in [-0.05, 0) is 44.0 Å². The second kappa shape index (κ2) is 4.16. The second-order valence-corrected chi connectivity index (χ2v) is 4.27. The van der Waals surface area contributed by atoms with Crippen molar-refractivity contribution in [1.29, 1.82) is 0 Å². The van der Waals surface area contributed by atoms with Crippen LogP contribution in [-0.4, -0.2) is 11.6 Å². The van der Waals surface area contributed by atoms with Crippen LogP contribution in [0.1, 0.15) is 30.1 Å². The summed E-state index contributed by atoms with van der Waals surface area (Å²) >= 11 is 0. The number of rotatable bonds is 4. The molecule has 3 heteroatoms. The van der Waals surface area contributed by atoms with Crippen molar-refractivity contribution >= 4 is 11.6 Å². The highest BCUT2D eigenvalue weighted by Gasteiger charge is 2.35. The fraction of sp³-hybridized carbons (Fsp3) is 0.385. The Labute approximate surface area is 93.5 Å². The van der Waals surface area contributed by atoms with Gasteiger partial charge in [0.2, 0.25) is 0 Å². The molecule has 0 bridgehead atoms. The van der Waals surface area contributed by atoms with Crippen molar-refractivity contribution in [3.63, 3.8) is 0 Å². The van der Waals surface area contributed by atoms with E-state index in [0.29, 0.717) is 5.56 Å². The number of hydrogen-bond donors (Lipinski definition) is 0. The molecule has 1 fully saturated rings. The van der Waals surface area contributed by atoms with Gasteiger partial charge in [-0.15, -0.1) is 0 Å². The summed E-state index contributed by atoms with van der Waals surface area (Å²) in [5.74, 6) is -1.08. The van der Waals surface area contributed by atoms with E-state index in [2.05, 4.69) is 0 Å². The third-order valence-electron chi connectivity index (χ3n) is 2.93. The highest BCUT2D eigenvalue weighted by molar-refractivity contribution is 6.11. The third kappa shape index (κ3) is 2.18. The van der Waals surface area contributed by atoms with Gasteiger partial charge in [0.25, 0.3) is 0 Å². The Morgan fingerprint density at radius 3 is 2.31 bits per heavy atom. The van der Waals surface area contributed by atoms with Crippen molar-refractivity contribution in [2.75, 3.05) is 0 Å². The molecule has 16 heavy (non-hydrogen) atoms. The van der Waals surface area contributed by atoms with Crippen LogP contribution in [-0.2, 0) is 4.79 Å². The first-order valence-electron chi connectivity index (χ1n) is 5.43. The molecular weight excluding hydrogens is 207 g/mol. The van der Waals surface area contributed by atoms with Crippen molar-refractivity contribution < 1.29 is 14.0 Å². The lowest BCUT2D eigenvalue weighted by Crippen LogP contribution is -2.22. The van der Waals surface area contributed by atoms with E-state index < -0.39 is 5.92 Å². The maximum absolute atomic E-state index is 12.7. The number of carbonyl (C=O) groups is 2. The van der Waals surface area contributed by atoms with E-state index in [9.17, 15) is 14.0 Å². The average Bonchev–Trinajstić information content (AvgIpc) is 3.11. The predicted octanol–water partition coefficient (Wildman–Crippen LogP) is 2.62. The zero-order valence-electron chi connectivity index (χ0n) is 9.07. The topological polar surface area (TPSA) is 34.1 Å². The van der Waals surface area contributed by atoms with E-state index in [-0.39, 0.29) is 23.3 Å². The Kier molecular flexibility index (Phi) is 2.86. The van der Waals surface area contributed by atoms with E-state index >= 15 is 0 Å². The largest absolute Gasteiger partial charge is 0.299 e. The Bertz CT molecular complexity index is 418. The van der Waals surface area contributed by atoms with Crippen LogP contribution in [0.4, 0.5) is 4.39 Å². The molecule has 0 N–H and O–H groups in total. The minimum atomic E-state index is -0.599. The number of hydrogen-bond acceptors (Lipinski definition) is 2. The minimum absolute atomic E-state index is 0.0225. The molecular formula is C13H13FO2. The molecule has 0 radical (unpaired) electrons. The molecule has 1 aromatic rings. The fourth-order valence-electron chi connectivity index (χ4n) is 1.71. The molecule has 1 unspecified atom stereocenters. The zero-order chi connectivity index (χ0) is 11.7. The quantitative estimate of drug-likeness (QED) is 0.577. The van der Waals surface area contributed by atoms with E-state index in [0.717, 1.165) is 12.8 Å². The summed E-state index contributed by atoms with van der Waals surface area (Å²) in [6.07, 6.45) is 1.81. The Morgan fingerprint density at radius 2 is 1.81 bits per heavy atom. The van der Waals surface area contributed by atoms with Crippen LogP contribution >= 0.6 is 0 Å². The van der Waals surface area contributed by atoms with Crippen molar-refractivity contribution in [2.24, 2.45) is 11.8 Å². The monoisotopic (exact) mass is 220 g/mol. The molecule has 1 saturated carbocycles. The van der Waals surface area contributed by atoms with E-state index in [1.54, 1.807) is 6.92 Å². The predicted molar refractivity (Wildman–Crippen MR) is 57.6 cm³/mol. The minimum Gasteiger partial charge on any atom is -0.299 e. The Hall–Kier alpha value is -1.51. The number of ketones is 2. The summed E-state index contributed by atoms with van der Waals surface area (Å²) in [6, 6.07) is 5.33. The molecule has 1 aliphatic carbocycles. The maximum Gasteiger partial charge on any atom is 0.173 e. The molecule has 1 atom stereocenters. The molecule has 0 amide bonds. The highest BCUT2D eigenvalue weighted by Crippen LogP contribution is 2.33. The van der Waals surface area contributed by atoms with Crippen LogP contribution in [0, 0.1) is 17.7 Å². The van der Waals surface area contributed by atoms with Gasteiger partial charge >= 0.3 is 0 Å². The van der Waals surface area contributed by atoms with Crippen molar-refractivity contribution in [3.8, 4) is 0 Å². The Balaban J connectivity index is 2.11. The normalized spacial score (nSPS) is 16.9. The first-order chi connectivity index (χ1) is 7.59. The van der Waals surface area contributed by atoms with Crippen LogP contribution in [0.3, 0.4) is 0 Å². The van der Waals surface area contributed by atoms with Crippen LogP contribution in [0.25, 0.3) is 0 Å². The Morgan fingerprint density at radius 1 is 1.25 bits per heavy atom. The van der Waals surface area contributed by atoms with Gasteiger partial charge in [-0.2, -0.15) is 0 Å². The van der Waals surface area contributed by atoms with E-state index in [4.69, 9.17) is 0 Å². The summed E-state index contributed by atoms with van der Waals surface area (Å²) < 4.78 is 12.7. The molecule has 0 spiro atoms. The first-order valence-corrected chi connectivity index (χ1v) is 5.43. The smallest absolute Gasteiger partial charge is 0.173 e. The summed E-state index contributed by atoms with van der Waals surface area (Å²) in [5, 5.41) is 0. The lowest BCUT2D eigenvalue weighted by molar-refractivity contribution is -0.122. The summed E-state index contributed by atoms with van der Waals surface area (Å²) in [4.78, 5) is 23.6. The molecule has 2 nitrogen and oxygen atoms in total. The second-order valence-electron chi connectivity index (χ2n) is 4.27. The summed E-state index contributed by atoms with van der Waals surface area (Å²) in [7, 11) is 0. The van der Waals surface area contributed by atoms with Crippen molar-refractivity contribution in [3.05, 3.63) is 35.6 Å².